The lowest BCUT2D eigenvalue weighted by Gasteiger charge is -2.21. The lowest BCUT2D eigenvalue weighted by molar-refractivity contribution is 0.296. The van der Waals surface area contributed by atoms with Crippen LogP contribution in [0.2, 0.25) is 0 Å². The molecule has 0 heterocycles. The molecule has 16 heteroatoms. The van der Waals surface area contributed by atoms with Gasteiger partial charge in [-0.25, -0.2) is 0 Å². The molecular weight excluding hydrogens is 728 g/mol. The first-order valence-electron chi connectivity index (χ1n) is 13.1. The molecule has 246 valence electrons. The standard InChI is InChI=1S/C30H29BrO12S3/c1-38-27-17-24(20-8-13-23(14-9-20)41-44(3,32)33)29(39-2)30(43-46(5,36)37)28(27)21-10-15-25(26(16-21)42-45(4,34)35)40-18-19-6-11-22(31)12-7-19/h6-17H,18H2,1-5H3. The van der Waals surface area contributed by atoms with Crippen molar-refractivity contribution in [3.8, 4) is 56.8 Å². The second-order valence-corrected chi connectivity index (χ2v) is 15.5. The Morgan fingerprint density at radius 3 is 1.72 bits per heavy atom. The van der Waals surface area contributed by atoms with Gasteiger partial charge in [0.2, 0.25) is 0 Å². The maximum absolute atomic E-state index is 12.5. The number of ether oxygens (including phenoxy) is 3. The summed E-state index contributed by atoms with van der Waals surface area (Å²) in [5.74, 6) is -0.165. The molecule has 0 N–H and O–H groups in total. The summed E-state index contributed by atoms with van der Waals surface area (Å²) in [5.41, 5.74) is 1.95. The van der Waals surface area contributed by atoms with Gasteiger partial charge in [0.15, 0.2) is 23.0 Å². The van der Waals surface area contributed by atoms with Crippen LogP contribution in [0.25, 0.3) is 22.3 Å². The SMILES string of the molecule is COc1cc(-c2ccc(OS(C)(=O)=O)cc2)c(OC)c(OS(C)(=O)=O)c1-c1ccc(OCc2ccc(Br)cc2)c(OS(C)(=O)=O)c1. The Kier molecular flexibility index (Phi) is 10.5. The zero-order valence-corrected chi connectivity index (χ0v) is 29.2. The first-order chi connectivity index (χ1) is 21.5. The molecule has 0 unspecified atom stereocenters. The van der Waals surface area contributed by atoms with Crippen LogP contribution in [0.15, 0.2) is 77.3 Å². The molecule has 46 heavy (non-hydrogen) atoms. The van der Waals surface area contributed by atoms with E-state index in [1.807, 2.05) is 24.3 Å². The molecular formula is C30H29BrO12S3. The summed E-state index contributed by atoms with van der Waals surface area (Å²) >= 11 is 3.37. The van der Waals surface area contributed by atoms with Crippen LogP contribution in [0.4, 0.5) is 0 Å². The summed E-state index contributed by atoms with van der Waals surface area (Å²) in [5, 5.41) is 0. The van der Waals surface area contributed by atoms with E-state index in [0.29, 0.717) is 11.1 Å². The molecule has 0 aromatic heterocycles. The fraction of sp³-hybridized carbons (Fsp3) is 0.200. The van der Waals surface area contributed by atoms with E-state index in [1.54, 1.807) is 12.1 Å². The molecule has 0 aliphatic heterocycles. The molecule has 0 atom stereocenters. The third-order valence-corrected chi connectivity index (χ3v) is 8.03. The van der Waals surface area contributed by atoms with E-state index in [1.165, 1.54) is 50.6 Å². The predicted molar refractivity (Wildman–Crippen MR) is 175 cm³/mol. The van der Waals surface area contributed by atoms with E-state index in [4.69, 9.17) is 26.8 Å². The minimum Gasteiger partial charge on any atom is -0.496 e. The van der Waals surface area contributed by atoms with Crippen molar-refractivity contribution in [3.63, 3.8) is 0 Å². The largest absolute Gasteiger partial charge is 0.496 e. The predicted octanol–water partition coefficient (Wildman–Crippen LogP) is 5.39. The second kappa shape index (κ2) is 13.8. The van der Waals surface area contributed by atoms with E-state index >= 15 is 0 Å². The minimum atomic E-state index is -4.16. The fourth-order valence-corrected chi connectivity index (χ4v) is 5.96. The number of benzene rings is 4. The van der Waals surface area contributed by atoms with Gasteiger partial charge in [-0.2, -0.15) is 25.3 Å². The van der Waals surface area contributed by atoms with Gasteiger partial charge < -0.3 is 26.8 Å². The highest BCUT2D eigenvalue weighted by molar-refractivity contribution is 9.10. The highest BCUT2D eigenvalue weighted by Gasteiger charge is 2.27. The number of rotatable bonds is 13. The number of halogens is 1. The lowest BCUT2D eigenvalue weighted by Crippen LogP contribution is -2.10. The molecule has 0 aliphatic carbocycles. The average molecular weight is 758 g/mol. The smallest absolute Gasteiger partial charge is 0.306 e. The molecule has 4 aromatic carbocycles. The third kappa shape index (κ3) is 9.28. The number of hydrogen-bond donors (Lipinski definition) is 0. The molecule has 4 aromatic rings. The molecule has 0 fully saturated rings. The van der Waals surface area contributed by atoms with E-state index in [-0.39, 0.29) is 52.2 Å². The van der Waals surface area contributed by atoms with E-state index in [2.05, 4.69) is 15.9 Å². The molecule has 0 spiro atoms. The van der Waals surface area contributed by atoms with E-state index in [0.717, 1.165) is 28.8 Å². The minimum absolute atomic E-state index is 0.0147. The Morgan fingerprint density at radius 2 is 1.17 bits per heavy atom. The molecule has 0 saturated heterocycles. The van der Waals surface area contributed by atoms with Gasteiger partial charge in [0.05, 0.1) is 38.6 Å². The summed E-state index contributed by atoms with van der Waals surface area (Å²) in [7, 11) is -9.30. The topological polar surface area (TPSA) is 158 Å². The van der Waals surface area contributed by atoms with Gasteiger partial charge >= 0.3 is 30.4 Å². The van der Waals surface area contributed by atoms with Crippen molar-refractivity contribution in [2.45, 2.75) is 6.61 Å². The summed E-state index contributed by atoms with van der Waals surface area (Å²) in [6, 6.07) is 19.2. The molecule has 0 aliphatic rings. The highest BCUT2D eigenvalue weighted by Crippen LogP contribution is 2.52. The van der Waals surface area contributed by atoms with Crippen molar-refractivity contribution in [1.29, 1.82) is 0 Å². The summed E-state index contributed by atoms with van der Waals surface area (Å²) < 4.78 is 106. The molecule has 0 amide bonds. The zero-order chi connectivity index (χ0) is 33.9. The van der Waals surface area contributed by atoms with E-state index in [9.17, 15) is 25.3 Å². The second-order valence-electron chi connectivity index (χ2n) is 9.83. The van der Waals surface area contributed by atoms with Gasteiger partial charge in [0.25, 0.3) is 0 Å². The molecule has 0 bridgehead atoms. The van der Waals surface area contributed by atoms with Gasteiger partial charge in [-0.3, -0.25) is 0 Å². The number of methoxy groups -OCH3 is 2. The van der Waals surface area contributed by atoms with Crippen LogP contribution in [0.5, 0.6) is 34.5 Å². The van der Waals surface area contributed by atoms with Gasteiger partial charge in [-0.1, -0.05) is 46.3 Å². The molecule has 0 radical (unpaired) electrons. The summed E-state index contributed by atoms with van der Waals surface area (Å²) in [4.78, 5) is 0. The van der Waals surface area contributed by atoms with Crippen molar-refractivity contribution >= 4 is 46.3 Å². The van der Waals surface area contributed by atoms with Gasteiger partial charge in [-0.05, 0) is 59.2 Å². The Morgan fingerprint density at radius 1 is 0.587 bits per heavy atom. The fourth-order valence-electron chi connectivity index (χ4n) is 4.32. The van der Waals surface area contributed by atoms with Crippen molar-refractivity contribution in [2.24, 2.45) is 0 Å². The maximum atomic E-state index is 12.5. The van der Waals surface area contributed by atoms with Crippen molar-refractivity contribution < 1.29 is 52.0 Å². The van der Waals surface area contributed by atoms with Crippen LogP contribution in [-0.2, 0) is 37.0 Å². The monoisotopic (exact) mass is 756 g/mol. The summed E-state index contributed by atoms with van der Waals surface area (Å²) in [6.45, 7) is 0.0923. The van der Waals surface area contributed by atoms with E-state index < -0.39 is 30.4 Å². The van der Waals surface area contributed by atoms with Crippen molar-refractivity contribution in [1.82, 2.24) is 0 Å². The van der Waals surface area contributed by atoms with Crippen LogP contribution >= 0.6 is 15.9 Å². The van der Waals surface area contributed by atoms with Crippen LogP contribution < -0.4 is 26.8 Å². The van der Waals surface area contributed by atoms with Gasteiger partial charge in [0.1, 0.15) is 18.1 Å². The Hall–Kier alpha value is -3.99. The van der Waals surface area contributed by atoms with Crippen LogP contribution in [0.1, 0.15) is 5.56 Å². The van der Waals surface area contributed by atoms with Crippen molar-refractivity contribution in [3.05, 3.63) is 82.8 Å². The Balaban J connectivity index is 1.90. The van der Waals surface area contributed by atoms with Gasteiger partial charge in [-0.15, -0.1) is 0 Å². The number of hydrogen-bond acceptors (Lipinski definition) is 12. The summed E-state index contributed by atoms with van der Waals surface area (Å²) in [6.07, 6.45) is 2.64. The zero-order valence-electron chi connectivity index (χ0n) is 25.1. The molecule has 4 rings (SSSR count). The highest BCUT2D eigenvalue weighted by atomic mass is 79.9. The Labute approximate surface area is 276 Å². The van der Waals surface area contributed by atoms with Gasteiger partial charge in [0, 0.05) is 10.0 Å². The quantitative estimate of drug-likeness (QED) is 0.160. The first-order valence-corrected chi connectivity index (χ1v) is 19.3. The van der Waals surface area contributed by atoms with Crippen LogP contribution in [0.3, 0.4) is 0 Å². The molecule has 12 nitrogen and oxygen atoms in total. The molecule has 0 saturated carbocycles. The Bertz CT molecular complexity index is 2060. The average Bonchev–Trinajstić information content (AvgIpc) is 2.95. The lowest BCUT2D eigenvalue weighted by atomic mass is 9.96. The van der Waals surface area contributed by atoms with Crippen molar-refractivity contribution in [2.75, 3.05) is 33.0 Å². The normalized spacial score (nSPS) is 11.9. The maximum Gasteiger partial charge on any atom is 0.306 e. The van der Waals surface area contributed by atoms with Crippen LogP contribution in [-0.4, -0.2) is 58.2 Å². The first kappa shape index (κ1) is 34.9. The third-order valence-electron chi connectivity index (χ3n) is 6.05. The van der Waals surface area contributed by atoms with Crippen LogP contribution in [0, 0.1) is 0 Å².